The molecule has 0 unspecified atom stereocenters. The average molecular weight is 374 g/mol. The van der Waals surface area contributed by atoms with Crippen molar-refractivity contribution < 1.29 is 9.21 Å². The Morgan fingerprint density at radius 1 is 1.04 bits per heavy atom. The normalized spacial score (nSPS) is 11.2. The lowest BCUT2D eigenvalue weighted by molar-refractivity contribution is 0.0984. The van der Waals surface area contributed by atoms with Crippen molar-refractivity contribution >= 4 is 33.5 Å². The molecule has 0 spiro atoms. The number of fused-ring (bicyclic) bond motifs is 3. The zero-order valence-electron chi connectivity index (χ0n) is 16.2. The summed E-state index contributed by atoms with van der Waals surface area (Å²) in [7, 11) is 1.77. The molecule has 0 aliphatic rings. The molecular formula is C23H22N2O3. The molecular weight excluding hydrogens is 352 g/mol. The van der Waals surface area contributed by atoms with Crippen molar-refractivity contribution in [2.45, 2.75) is 26.8 Å². The summed E-state index contributed by atoms with van der Waals surface area (Å²) in [6.45, 7) is 4.61. The van der Waals surface area contributed by atoms with Crippen LogP contribution in [0.5, 0.6) is 0 Å². The van der Waals surface area contributed by atoms with Crippen LogP contribution in [0, 0.1) is 0 Å². The van der Waals surface area contributed by atoms with E-state index < -0.39 is 5.63 Å². The lowest BCUT2D eigenvalue weighted by Gasteiger charge is -2.21. The number of carbonyl (C=O) groups is 1. The molecule has 0 saturated heterocycles. The van der Waals surface area contributed by atoms with E-state index in [1.807, 2.05) is 54.0 Å². The summed E-state index contributed by atoms with van der Waals surface area (Å²) >= 11 is 0. The van der Waals surface area contributed by atoms with Crippen LogP contribution in [0.25, 0.3) is 21.9 Å². The lowest BCUT2D eigenvalue weighted by Crippen LogP contribution is -2.29. The van der Waals surface area contributed by atoms with Gasteiger partial charge in [-0.1, -0.05) is 37.3 Å². The number of hydrogen-bond acceptors (Lipinski definition) is 3. The van der Waals surface area contributed by atoms with Gasteiger partial charge >= 0.3 is 5.63 Å². The van der Waals surface area contributed by atoms with Gasteiger partial charge in [0.15, 0.2) is 0 Å². The SMILES string of the molecule is CCc1ccccc1N(C)C(=O)c1cc2c(=O)oc3ccccc3c2n1CC. The molecule has 5 nitrogen and oxygen atoms in total. The summed E-state index contributed by atoms with van der Waals surface area (Å²) in [6, 6.07) is 16.9. The van der Waals surface area contributed by atoms with Crippen molar-refractivity contribution in [3.63, 3.8) is 0 Å². The molecule has 0 radical (unpaired) electrons. The minimum absolute atomic E-state index is 0.151. The monoisotopic (exact) mass is 374 g/mol. The molecule has 0 fully saturated rings. The molecule has 28 heavy (non-hydrogen) atoms. The minimum Gasteiger partial charge on any atom is -0.422 e. The molecule has 2 aromatic carbocycles. The summed E-state index contributed by atoms with van der Waals surface area (Å²) in [5.74, 6) is -0.151. The van der Waals surface area contributed by atoms with Gasteiger partial charge in [0.2, 0.25) is 0 Å². The molecule has 5 heteroatoms. The van der Waals surface area contributed by atoms with E-state index in [0.29, 0.717) is 23.2 Å². The number of hydrogen-bond donors (Lipinski definition) is 0. The first-order valence-corrected chi connectivity index (χ1v) is 9.47. The van der Waals surface area contributed by atoms with Crippen molar-refractivity contribution in [3.05, 3.63) is 76.3 Å². The molecule has 0 N–H and O–H groups in total. The predicted molar refractivity (Wildman–Crippen MR) is 112 cm³/mol. The number of aryl methyl sites for hydroxylation is 2. The van der Waals surface area contributed by atoms with E-state index in [-0.39, 0.29) is 5.91 Å². The number of carbonyl (C=O) groups excluding carboxylic acids is 1. The fourth-order valence-corrected chi connectivity index (χ4v) is 3.82. The Bertz CT molecular complexity index is 1250. The van der Waals surface area contributed by atoms with Gasteiger partial charge in [-0.25, -0.2) is 4.79 Å². The van der Waals surface area contributed by atoms with E-state index in [1.54, 1.807) is 24.1 Å². The van der Waals surface area contributed by atoms with Crippen LogP contribution < -0.4 is 10.5 Å². The zero-order valence-corrected chi connectivity index (χ0v) is 16.2. The van der Waals surface area contributed by atoms with Gasteiger partial charge in [0, 0.05) is 24.7 Å². The standard InChI is InChI=1S/C23H22N2O3/c1-4-15-10-6-8-12-18(15)24(3)22(26)19-14-17-21(25(19)5-2)16-11-7-9-13-20(16)28-23(17)27/h6-14H,4-5H2,1-3H3. The number of nitrogens with zero attached hydrogens (tertiary/aromatic N) is 2. The van der Waals surface area contributed by atoms with Gasteiger partial charge in [-0.05, 0) is 43.2 Å². The molecule has 0 atom stereocenters. The first-order valence-electron chi connectivity index (χ1n) is 9.47. The zero-order chi connectivity index (χ0) is 19.8. The number of benzene rings is 2. The lowest BCUT2D eigenvalue weighted by atomic mass is 10.1. The van der Waals surface area contributed by atoms with Gasteiger partial charge in [0.25, 0.3) is 5.91 Å². The Labute approximate surface area is 162 Å². The highest BCUT2D eigenvalue weighted by atomic mass is 16.4. The van der Waals surface area contributed by atoms with E-state index >= 15 is 0 Å². The third-order valence-corrected chi connectivity index (χ3v) is 5.24. The fourth-order valence-electron chi connectivity index (χ4n) is 3.82. The molecule has 2 heterocycles. The summed E-state index contributed by atoms with van der Waals surface area (Å²) in [6.07, 6.45) is 0.832. The number of rotatable bonds is 4. The van der Waals surface area contributed by atoms with Gasteiger partial charge in [-0.2, -0.15) is 0 Å². The van der Waals surface area contributed by atoms with Crippen LogP contribution in [0.1, 0.15) is 29.9 Å². The van der Waals surface area contributed by atoms with Crippen molar-refractivity contribution in [1.29, 1.82) is 0 Å². The fraction of sp³-hybridized carbons (Fsp3) is 0.217. The van der Waals surface area contributed by atoms with Gasteiger partial charge in [0.1, 0.15) is 11.3 Å². The van der Waals surface area contributed by atoms with Crippen molar-refractivity contribution in [2.75, 3.05) is 11.9 Å². The largest absolute Gasteiger partial charge is 0.422 e. The molecule has 0 bridgehead atoms. The highest BCUT2D eigenvalue weighted by molar-refractivity contribution is 6.11. The first-order chi connectivity index (χ1) is 13.6. The Morgan fingerprint density at radius 2 is 1.75 bits per heavy atom. The minimum atomic E-state index is -0.424. The van der Waals surface area contributed by atoms with Crippen LogP contribution in [0.3, 0.4) is 0 Å². The van der Waals surface area contributed by atoms with Crippen LogP contribution in [-0.4, -0.2) is 17.5 Å². The van der Waals surface area contributed by atoms with Crippen molar-refractivity contribution in [2.24, 2.45) is 0 Å². The summed E-state index contributed by atoms with van der Waals surface area (Å²) < 4.78 is 7.36. The first kappa shape index (κ1) is 18.0. The van der Waals surface area contributed by atoms with Gasteiger partial charge in [0.05, 0.1) is 10.9 Å². The average Bonchev–Trinajstić information content (AvgIpc) is 3.13. The summed E-state index contributed by atoms with van der Waals surface area (Å²) in [5.41, 5.74) is 3.30. The van der Waals surface area contributed by atoms with Crippen LogP contribution >= 0.6 is 0 Å². The van der Waals surface area contributed by atoms with Crippen LogP contribution in [0.2, 0.25) is 0 Å². The molecule has 2 aromatic heterocycles. The smallest absolute Gasteiger partial charge is 0.345 e. The second kappa shape index (κ2) is 7.00. The number of para-hydroxylation sites is 2. The number of aromatic nitrogens is 1. The van der Waals surface area contributed by atoms with E-state index in [0.717, 1.165) is 28.6 Å². The van der Waals surface area contributed by atoms with Crippen molar-refractivity contribution in [1.82, 2.24) is 4.57 Å². The van der Waals surface area contributed by atoms with E-state index in [9.17, 15) is 9.59 Å². The second-order valence-corrected chi connectivity index (χ2v) is 6.77. The predicted octanol–water partition coefficient (Wildman–Crippen LogP) is 4.61. The molecule has 0 aliphatic heterocycles. The van der Waals surface area contributed by atoms with Gasteiger partial charge in [-0.3, -0.25) is 4.79 Å². The third-order valence-electron chi connectivity index (χ3n) is 5.24. The summed E-state index contributed by atoms with van der Waals surface area (Å²) in [4.78, 5) is 27.6. The van der Waals surface area contributed by atoms with Crippen molar-refractivity contribution in [3.8, 4) is 0 Å². The topological polar surface area (TPSA) is 55.5 Å². The molecule has 4 rings (SSSR count). The van der Waals surface area contributed by atoms with E-state index in [2.05, 4.69) is 6.92 Å². The maximum Gasteiger partial charge on any atom is 0.345 e. The van der Waals surface area contributed by atoms with E-state index in [1.165, 1.54) is 0 Å². The maximum atomic E-state index is 13.4. The van der Waals surface area contributed by atoms with Gasteiger partial charge in [-0.15, -0.1) is 0 Å². The van der Waals surface area contributed by atoms with Crippen LogP contribution in [-0.2, 0) is 13.0 Å². The Balaban J connectivity index is 1.94. The second-order valence-electron chi connectivity index (χ2n) is 6.77. The molecule has 1 amide bonds. The maximum absolute atomic E-state index is 13.4. The number of anilines is 1. The quantitative estimate of drug-likeness (QED) is 0.490. The Kier molecular flexibility index (Phi) is 4.51. The van der Waals surface area contributed by atoms with Crippen LogP contribution in [0.4, 0.5) is 5.69 Å². The van der Waals surface area contributed by atoms with E-state index in [4.69, 9.17) is 4.42 Å². The third kappa shape index (κ3) is 2.71. The van der Waals surface area contributed by atoms with Gasteiger partial charge < -0.3 is 13.9 Å². The highest BCUT2D eigenvalue weighted by Gasteiger charge is 2.23. The molecule has 0 aliphatic carbocycles. The Hall–Kier alpha value is -3.34. The van der Waals surface area contributed by atoms with Crippen LogP contribution in [0.15, 0.2) is 63.8 Å². The highest BCUT2D eigenvalue weighted by Crippen LogP contribution is 2.28. The molecule has 142 valence electrons. The molecule has 0 saturated carbocycles. The summed E-state index contributed by atoms with van der Waals surface area (Å²) in [5, 5.41) is 1.26. The molecule has 4 aromatic rings. The Morgan fingerprint density at radius 3 is 2.50 bits per heavy atom. The number of amides is 1.